The summed E-state index contributed by atoms with van der Waals surface area (Å²) in [7, 11) is 1.98. The zero-order valence-electron chi connectivity index (χ0n) is 10.6. The highest BCUT2D eigenvalue weighted by atomic mass is 15.2. The van der Waals surface area contributed by atoms with Gasteiger partial charge in [0.05, 0.1) is 6.54 Å². The molecule has 0 aliphatic rings. The third kappa shape index (κ3) is 1.95. The Balaban J connectivity index is 2.02. The van der Waals surface area contributed by atoms with Gasteiger partial charge in [-0.05, 0) is 18.2 Å². The number of anilines is 1. The average Bonchev–Trinajstić information content (AvgIpc) is 3.04. The molecule has 0 bridgehead atoms. The van der Waals surface area contributed by atoms with Gasteiger partial charge < -0.3 is 14.9 Å². The van der Waals surface area contributed by atoms with Crippen molar-refractivity contribution in [2.45, 2.75) is 6.54 Å². The third-order valence-electron chi connectivity index (χ3n) is 3.25. The van der Waals surface area contributed by atoms with Crippen molar-refractivity contribution in [1.82, 2.24) is 9.97 Å². The number of benzene rings is 1. The second kappa shape index (κ2) is 4.54. The van der Waals surface area contributed by atoms with Crippen LogP contribution in [-0.4, -0.2) is 17.0 Å². The first-order valence-electron chi connectivity index (χ1n) is 6.14. The van der Waals surface area contributed by atoms with E-state index in [2.05, 4.69) is 16.0 Å². The Hall–Kier alpha value is -2.67. The Labute approximate surface area is 111 Å². The molecule has 2 heterocycles. The molecule has 0 atom stereocenters. The topological polar surface area (TPSA) is 58.6 Å². The largest absolute Gasteiger partial charge is 0.364 e. The molecule has 0 aliphatic heterocycles. The Morgan fingerprint density at radius 2 is 2.05 bits per heavy atom. The van der Waals surface area contributed by atoms with E-state index in [9.17, 15) is 5.26 Å². The number of nitriles is 1. The molecule has 3 aromatic rings. The number of rotatable bonds is 3. The molecule has 0 fully saturated rings. The van der Waals surface area contributed by atoms with Crippen LogP contribution in [0.25, 0.3) is 10.9 Å². The van der Waals surface area contributed by atoms with E-state index in [0.29, 0.717) is 5.56 Å². The van der Waals surface area contributed by atoms with Gasteiger partial charge in [-0.25, -0.2) is 0 Å². The van der Waals surface area contributed by atoms with Crippen molar-refractivity contribution in [1.29, 1.82) is 5.26 Å². The van der Waals surface area contributed by atoms with Crippen LogP contribution in [0.15, 0.2) is 42.6 Å². The van der Waals surface area contributed by atoms with Crippen molar-refractivity contribution in [3.63, 3.8) is 0 Å². The van der Waals surface area contributed by atoms with Crippen molar-refractivity contribution < 1.29 is 0 Å². The molecule has 19 heavy (non-hydrogen) atoms. The summed E-state index contributed by atoms with van der Waals surface area (Å²) in [5.74, 6) is 0.860. The summed E-state index contributed by atoms with van der Waals surface area (Å²) >= 11 is 0. The monoisotopic (exact) mass is 250 g/mol. The minimum absolute atomic E-state index is 0.699. The summed E-state index contributed by atoms with van der Waals surface area (Å²) in [5.41, 5.74) is 2.81. The van der Waals surface area contributed by atoms with Gasteiger partial charge >= 0.3 is 0 Å². The van der Waals surface area contributed by atoms with E-state index < -0.39 is 0 Å². The fourth-order valence-electron chi connectivity index (χ4n) is 2.33. The van der Waals surface area contributed by atoms with Gasteiger partial charge in [0.1, 0.15) is 17.5 Å². The van der Waals surface area contributed by atoms with Gasteiger partial charge in [-0.15, -0.1) is 0 Å². The van der Waals surface area contributed by atoms with E-state index in [1.54, 1.807) is 0 Å². The Bertz CT molecular complexity index is 731. The number of fused-ring (bicyclic) bond motifs is 1. The van der Waals surface area contributed by atoms with E-state index in [-0.39, 0.29) is 0 Å². The molecule has 0 spiro atoms. The van der Waals surface area contributed by atoms with Crippen LogP contribution in [0.4, 0.5) is 5.82 Å². The molecule has 0 saturated heterocycles. The Morgan fingerprint density at radius 3 is 2.79 bits per heavy atom. The van der Waals surface area contributed by atoms with Gasteiger partial charge in [0.2, 0.25) is 0 Å². The smallest absolute Gasteiger partial charge is 0.125 e. The molecule has 0 saturated carbocycles. The molecule has 0 radical (unpaired) electrons. The summed E-state index contributed by atoms with van der Waals surface area (Å²) in [6.07, 6.45) is 1.90. The molecule has 0 unspecified atom stereocenters. The normalized spacial score (nSPS) is 10.5. The number of nitrogens with zero attached hydrogens (tertiary/aromatic N) is 2. The van der Waals surface area contributed by atoms with Gasteiger partial charge in [0, 0.05) is 29.8 Å². The molecule has 3 rings (SSSR count). The number of para-hydroxylation sites is 1. The number of hydrogen-bond donors (Lipinski definition) is 2. The molecule has 1 aromatic carbocycles. The second-order valence-corrected chi connectivity index (χ2v) is 4.56. The summed E-state index contributed by atoms with van der Waals surface area (Å²) in [4.78, 5) is 8.53. The van der Waals surface area contributed by atoms with Gasteiger partial charge in [-0.1, -0.05) is 18.2 Å². The molecule has 4 nitrogen and oxygen atoms in total. The zero-order chi connectivity index (χ0) is 13.2. The van der Waals surface area contributed by atoms with Crippen LogP contribution in [0.3, 0.4) is 0 Å². The third-order valence-corrected chi connectivity index (χ3v) is 3.25. The van der Waals surface area contributed by atoms with Crippen molar-refractivity contribution in [3.8, 4) is 6.07 Å². The van der Waals surface area contributed by atoms with Crippen LogP contribution in [-0.2, 0) is 6.54 Å². The first kappa shape index (κ1) is 11.4. The number of H-pyrrole nitrogens is 2. The number of nitrogens with one attached hydrogen (secondary N) is 2. The highest BCUT2D eigenvalue weighted by molar-refractivity contribution is 5.91. The van der Waals surface area contributed by atoms with Crippen LogP contribution < -0.4 is 4.90 Å². The average molecular weight is 250 g/mol. The van der Waals surface area contributed by atoms with Crippen LogP contribution >= 0.6 is 0 Å². The van der Waals surface area contributed by atoms with Gasteiger partial charge in [0.15, 0.2) is 0 Å². The van der Waals surface area contributed by atoms with Crippen LogP contribution in [0.5, 0.6) is 0 Å². The van der Waals surface area contributed by atoms with Crippen molar-refractivity contribution in [2.24, 2.45) is 0 Å². The molecule has 2 N–H and O–H groups in total. The maximum absolute atomic E-state index is 9.38. The van der Waals surface area contributed by atoms with Gasteiger partial charge in [-0.2, -0.15) is 5.26 Å². The van der Waals surface area contributed by atoms with E-state index in [1.807, 2.05) is 54.5 Å². The predicted molar refractivity (Wildman–Crippen MR) is 75.9 cm³/mol. The number of aromatic nitrogens is 2. The predicted octanol–water partition coefficient (Wildman–Crippen LogP) is 3.00. The summed E-state index contributed by atoms with van der Waals surface area (Å²) < 4.78 is 0. The highest BCUT2D eigenvalue weighted by Crippen LogP contribution is 2.28. The minimum Gasteiger partial charge on any atom is -0.364 e. The molecule has 2 aromatic heterocycles. The summed E-state index contributed by atoms with van der Waals surface area (Å²) in [6, 6.07) is 14.2. The second-order valence-electron chi connectivity index (χ2n) is 4.56. The van der Waals surface area contributed by atoms with E-state index in [0.717, 1.165) is 29.0 Å². The van der Waals surface area contributed by atoms with Crippen molar-refractivity contribution in [3.05, 3.63) is 53.9 Å². The lowest BCUT2D eigenvalue weighted by molar-refractivity contribution is 0.879. The first-order valence-corrected chi connectivity index (χ1v) is 6.14. The molecule has 0 amide bonds. The number of hydrogen-bond acceptors (Lipinski definition) is 2. The van der Waals surface area contributed by atoms with E-state index >= 15 is 0 Å². The Kier molecular flexibility index (Phi) is 2.73. The fraction of sp³-hybridized carbons (Fsp3) is 0.133. The SMILES string of the molecule is CN(Cc1ccc[nH]1)c1[nH]c2ccccc2c1C#N. The fourth-order valence-corrected chi connectivity index (χ4v) is 2.33. The van der Waals surface area contributed by atoms with E-state index in [4.69, 9.17) is 0 Å². The molecular weight excluding hydrogens is 236 g/mol. The van der Waals surface area contributed by atoms with Crippen LogP contribution in [0, 0.1) is 11.3 Å². The van der Waals surface area contributed by atoms with Gasteiger partial charge in [-0.3, -0.25) is 0 Å². The lowest BCUT2D eigenvalue weighted by atomic mass is 10.2. The summed E-state index contributed by atoms with van der Waals surface area (Å²) in [5, 5.41) is 10.3. The molecule has 4 heteroatoms. The quantitative estimate of drug-likeness (QED) is 0.750. The lowest BCUT2D eigenvalue weighted by Gasteiger charge is -2.17. The number of aromatic amines is 2. The molecule has 0 aliphatic carbocycles. The molecule has 94 valence electrons. The summed E-state index contributed by atoms with van der Waals surface area (Å²) in [6.45, 7) is 0.731. The van der Waals surface area contributed by atoms with Crippen molar-refractivity contribution >= 4 is 16.7 Å². The standard InChI is InChI=1S/C15H14N4/c1-19(10-11-5-4-8-17-11)15-13(9-16)12-6-2-3-7-14(12)18-15/h2-8,17-18H,10H2,1H3. The minimum atomic E-state index is 0.699. The van der Waals surface area contributed by atoms with Crippen LogP contribution in [0.1, 0.15) is 11.3 Å². The first-order chi connectivity index (χ1) is 9.29. The Morgan fingerprint density at radius 1 is 1.21 bits per heavy atom. The maximum atomic E-state index is 9.38. The van der Waals surface area contributed by atoms with Gasteiger partial charge in [0.25, 0.3) is 0 Å². The van der Waals surface area contributed by atoms with Crippen molar-refractivity contribution in [2.75, 3.05) is 11.9 Å². The zero-order valence-corrected chi connectivity index (χ0v) is 10.6. The van der Waals surface area contributed by atoms with Crippen LogP contribution in [0.2, 0.25) is 0 Å². The van der Waals surface area contributed by atoms with E-state index in [1.165, 1.54) is 0 Å². The lowest BCUT2D eigenvalue weighted by Crippen LogP contribution is -2.17. The maximum Gasteiger partial charge on any atom is 0.125 e. The molecular formula is C15H14N4. The highest BCUT2D eigenvalue weighted by Gasteiger charge is 2.14.